The van der Waals surface area contributed by atoms with Gasteiger partial charge in [0.2, 0.25) is 5.88 Å². The van der Waals surface area contributed by atoms with Crippen LogP contribution in [0.2, 0.25) is 15.1 Å². The predicted octanol–water partition coefficient (Wildman–Crippen LogP) is 5.55. The van der Waals surface area contributed by atoms with E-state index in [0.29, 0.717) is 32.1 Å². The van der Waals surface area contributed by atoms with Gasteiger partial charge in [0.25, 0.3) is 11.5 Å². The summed E-state index contributed by atoms with van der Waals surface area (Å²) in [6.07, 6.45) is 0. The van der Waals surface area contributed by atoms with Gasteiger partial charge >= 0.3 is 0 Å². The molecule has 0 radical (unpaired) electrons. The number of aromatic hydroxyl groups is 1. The number of carbonyl (C=O) groups is 1. The Balaban J connectivity index is 1.91. The van der Waals surface area contributed by atoms with Crippen molar-refractivity contribution in [2.24, 2.45) is 0 Å². The van der Waals surface area contributed by atoms with Gasteiger partial charge in [-0.3, -0.25) is 9.59 Å². The first-order chi connectivity index (χ1) is 14.9. The van der Waals surface area contributed by atoms with Gasteiger partial charge in [-0.25, -0.2) is 9.36 Å². The van der Waals surface area contributed by atoms with Crippen LogP contribution >= 0.6 is 34.8 Å². The average Bonchev–Trinajstić information content (AvgIpc) is 3.01. The first kappa shape index (κ1) is 21.1. The van der Waals surface area contributed by atoms with Crippen molar-refractivity contribution in [2.45, 2.75) is 0 Å². The van der Waals surface area contributed by atoms with Gasteiger partial charge in [0.15, 0.2) is 5.56 Å². The number of nitrogens with zero attached hydrogens (tertiary/aromatic N) is 2. The number of anilines is 1. The van der Waals surface area contributed by atoms with E-state index in [4.69, 9.17) is 34.8 Å². The lowest BCUT2D eigenvalue weighted by atomic mass is 10.2. The molecular weight excluding hydrogens is 461 g/mol. The lowest BCUT2D eigenvalue weighted by Crippen LogP contribution is -2.25. The molecule has 1 heterocycles. The maximum Gasteiger partial charge on any atom is 0.288 e. The van der Waals surface area contributed by atoms with E-state index >= 15 is 0 Å². The van der Waals surface area contributed by atoms with Crippen molar-refractivity contribution in [3.8, 4) is 17.3 Å². The lowest BCUT2D eigenvalue weighted by Gasteiger charge is -2.12. The molecule has 4 rings (SSSR count). The molecule has 0 aliphatic rings. The molecule has 156 valence electrons. The van der Waals surface area contributed by atoms with Crippen LogP contribution < -0.4 is 10.9 Å². The van der Waals surface area contributed by atoms with Crippen molar-refractivity contribution in [1.82, 2.24) is 9.36 Å². The summed E-state index contributed by atoms with van der Waals surface area (Å²) >= 11 is 18.0. The van der Waals surface area contributed by atoms with Crippen molar-refractivity contribution < 1.29 is 9.90 Å². The molecule has 2 N–H and O–H groups in total. The van der Waals surface area contributed by atoms with Crippen molar-refractivity contribution in [3.63, 3.8) is 0 Å². The van der Waals surface area contributed by atoms with Gasteiger partial charge < -0.3 is 10.4 Å². The van der Waals surface area contributed by atoms with E-state index in [1.165, 1.54) is 9.36 Å². The Morgan fingerprint density at radius 1 is 0.774 bits per heavy atom. The Morgan fingerprint density at radius 2 is 1.29 bits per heavy atom. The number of aromatic nitrogens is 2. The molecule has 31 heavy (non-hydrogen) atoms. The molecule has 0 spiro atoms. The van der Waals surface area contributed by atoms with Crippen LogP contribution in [0.4, 0.5) is 5.69 Å². The molecule has 6 nitrogen and oxygen atoms in total. The van der Waals surface area contributed by atoms with E-state index in [9.17, 15) is 14.7 Å². The molecule has 1 aromatic heterocycles. The average molecular weight is 475 g/mol. The molecule has 0 saturated carbocycles. The van der Waals surface area contributed by atoms with Gasteiger partial charge in [-0.05, 0) is 60.7 Å². The van der Waals surface area contributed by atoms with E-state index < -0.39 is 22.9 Å². The smallest absolute Gasteiger partial charge is 0.288 e. The van der Waals surface area contributed by atoms with Crippen LogP contribution in [0.25, 0.3) is 11.4 Å². The van der Waals surface area contributed by atoms with E-state index in [1.54, 1.807) is 72.8 Å². The molecule has 3 aromatic carbocycles. The van der Waals surface area contributed by atoms with E-state index in [1.807, 2.05) is 0 Å². The van der Waals surface area contributed by atoms with Crippen molar-refractivity contribution >= 4 is 46.4 Å². The molecule has 9 heteroatoms. The summed E-state index contributed by atoms with van der Waals surface area (Å²) in [5.74, 6) is -1.34. The number of carbonyl (C=O) groups excluding carboxylic acids is 1. The largest absolute Gasteiger partial charge is 0.493 e. The SMILES string of the molecule is O=C(Nc1ccccc1Cl)c1c(O)n(-c2ccc(Cl)cc2)n(-c2ccc(Cl)cc2)c1=O. The fraction of sp³-hybridized carbons (Fsp3) is 0. The first-order valence-electron chi connectivity index (χ1n) is 9.01. The number of halogens is 3. The second-order valence-corrected chi connectivity index (χ2v) is 7.79. The standard InChI is InChI=1S/C22H14Cl3N3O3/c23-13-5-9-15(10-6-13)27-21(30)19(20(29)26-18-4-2-1-3-17(18)25)22(31)28(27)16-11-7-14(24)8-12-16/h1-12,30H,(H,26,29). The minimum Gasteiger partial charge on any atom is -0.493 e. The molecule has 0 aliphatic carbocycles. The normalized spacial score (nSPS) is 10.8. The minimum atomic E-state index is -0.800. The number of nitrogens with one attached hydrogen (secondary N) is 1. The topological polar surface area (TPSA) is 76.3 Å². The van der Waals surface area contributed by atoms with Crippen molar-refractivity contribution in [3.05, 3.63) is 104 Å². The fourth-order valence-electron chi connectivity index (χ4n) is 3.07. The third-order valence-corrected chi connectivity index (χ3v) is 5.36. The quantitative estimate of drug-likeness (QED) is 0.407. The zero-order valence-corrected chi connectivity index (χ0v) is 18.0. The number of hydrogen-bond donors (Lipinski definition) is 2. The van der Waals surface area contributed by atoms with E-state index in [0.717, 1.165) is 0 Å². The summed E-state index contributed by atoms with van der Waals surface area (Å²) in [4.78, 5) is 26.2. The second-order valence-electron chi connectivity index (χ2n) is 6.51. The summed E-state index contributed by atoms with van der Waals surface area (Å²) in [5, 5.41) is 14.8. The molecule has 0 atom stereocenters. The first-order valence-corrected chi connectivity index (χ1v) is 10.1. The third kappa shape index (κ3) is 4.05. The Morgan fingerprint density at radius 3 is 1.84 bits per heavy atom. The van der Waals surface area contributed by atoms with Gasteiger partial charge in [0.1, 0.15) is 0 Å². The zero-order valence-electron chi connectivity index (χ0n) is 15.7. The number of hydrogen-bond acceptors (Lipinski definition) is 3. The molecule has 1 amide bonds. The summed E-state index contributed by atoms with van der Waals surface area (Å²) in [7, 11) is 0. The van der Waals surface area contributed by atoms with E-state index in [-0.39, 0.29) is 0 Å². The summed E-state index contributed by atoms with van der Waals surface area (Å²) in [5.41, 5.74) is -0.0309. The molecular formula is C22H14Cl3N3O3. The van der Waals surface area contributed by atoms with Crippen LogP contribution in [0, 0.1) is 0 Å². The van der Waals surface area contributed by atoms with Gasteiger partial charge in [-0.15, -0.1) is 0 Å². The zero-order chi connectivity index (χ0) is 22.1. The van der Waals surface area contributed by atoms with E-state index in [2.05, 4.69) is 5.32 Å². The molecule has 0 aliphatic heterocycles. The van der Waals surface area contributed by atoms with Gasteiger partial charge in [-0.2, -0.15) is 0 Å². The van der Waals surface area contributed by atoms with Gasteiger partial charge in [0, 0.05) is 10.0 Å². The highest BCUT2D eigenvalue weighted by molar-refractivity contribution is 6.34. The second kappa shape index (κ2) is 8.51. The van der Waals surface area contributed by atoms with Crippen LogP contribution in [0.1, 0.15) is 10.4 Å². The molecule has 0 bridgehead atoms. The molecule has 0 fully saturated rings. The Labute approximate surface area is 191 Å². The van der Waals surface area contributed by atoms with Gasteiger partial charge in [0.05, 0.1) is 22.1 Å². The lowest BCUT2D eigenvalue weighted by molar-refractivity contribution is 0.102. The van der Waals surface area contributed by atoms with Crippen molar-refractivity contribution in [2.75, 3.05) is 5.32 Å². The van der Waals surface area contributed by atoms with Crippen LogP contribution in [0.5, 0.6) is 5.88 Å². The van der Waals surface area contributed by atoms with Crippen LogP contribution in [0.3, 0.4) is 0 Å². The Bertz CT molecular complexity index is 1330. The highest BCUT2D eigenvalue weighted by atomic mass is 35.5. The van der Waals surface area contributed by atoms with Crippen LogP contribution in [-0.4, -0.2) is 20.4 Å². The highest BCUT2D eigenvalue weighted by Gasteiger charge is 2.27. The van der Waals surface area contributed by atoms with Gasteiger partial charge in [-0.1, -0.05) is 46.9 Å². The predicted molar refractivity (Wildman–Crippen MR) is 122 cm³/mol. The number of rotatable bonds is 4. The monoisotopic (exact) mass is 473 g/mol. The molecule has 0 unspecified atom stereocenters. The fourth-order valence-corrected chi connectivity index (χ4v) is 3.51. The molecule has 0 saturated heterocycles. The maximum absolute atomic E-state index is 13.3. The van der Waals surface area contributed by atoms with Crippen LogP contribution in [0.15, 0.2) is 77.6 Å². The Kier molecular flexibility index (Phi) is 5.78. The minimum absolute atomic E-state index is 0.297. The van der Waals surface area contributed by atoms with Crippen molar-refractivity contribution in [1.29, 1.82) is 0 Å². The maximum atomic E-state index is 13.3. The number of amides is 1. The third-order valence-electron chi connectivity index (χ3n) is 4.52. The summed E-state index contributed by atoms with van der Waals surface area (Å²) < 4.78 is 2.40. The Hall–Kier alpha value is -3.19. The number of para-hydroxylation sites is 1. The number of benzene rings is 3. The summed E-state index contributed by atoms with van der Waals surface area (Å²) in [6, 6.07) is 19.4. The molecule has 4 aromatic rings. The van der Waals surface area contributed by atoms with Crippen LogP contribution in [-0.2, 0) is 0 Å². The summed E-state index contributed by atoms with van der Waals surface area (Å²) in [6.45, 7) is 0. The highest BCUT2D eigenvalue weighted by Crippen LogP contribution is 2.27.